The van der Waals surface area contributed by atoms with Gasteiger partial charge in [-0.2, -0.15) is 4.98 Å². The van der Waals surface area contributed by atoms with Crippen LogP contribution in [0.1, 0.15) is 32.1 Å². The van der Waals surface area contributed by atoms with E-state index in [-0.39, 0.29) is 18.2 Å². The zero-order valence-corrected chi connectivity index (χ0v) is 20.2. The molecular weight excluding hydrogens is 464 g/mol. The number of hydrogen-bond donors (Lipinski definition) is 0. The van der Waals surface area contributed by atoms with E-state index in [0.717, 1.165) is 5.75 Å². The Kier molecular flexibility index (Phi) is 6.90. The van der Waals surface area contributed by atoms with Gasteiger partial charge in [-0.3, -0.25) is 9.69 Å². The van der Waals surface area contributed by atoms with Gasteiger partial charge < -0.3 is 14.2 Å². The quantitative estimate of drug-likeness (QED) is 0.442. The highest BCUT2D eigenvalue weighted by Gasteiger charge is 2.37. The lowest BCUT2D eigenvalue weighted by Gasteiger charge is -2.31. The number of halogens is 1. The molecule has 0 fully saturated rings. The summed E-state index contributed by atoms with van der Waals surface area (Å²) >= 11 is 7.77. The van der Waals surface area contributed by atoms with Crippen LogP contribution >= 0.6 is 23.4 Å². The first-order valence-electron chi connectivity index (χ1n) is 10.4. The maximum atomic E-state index is 13.3. The molecule has 4 rings (SSSR count). The van der Waals surface area contributed by atoms with E-state index in [1.165, 1.54) is 11.8 Å². The highest BCUT2D eigenvalue weighted by atomic mass is 35.5. The van der Waals surface area contributed by atoms with Gasteiger partial charge in [-0.1, -0.05) is 37.2 Å². The van der Waals surface area contributed by atoms with Crippen LogP contribution in [0.25, 0.3) is 11.3 Å². The van der Waals surface area contributed by atoms with Crippen LogP contribution in [0.4, 0.5) is 5.69 Å². The highest BCUT2D eigenvalue weighted by molar-refractivity contribution is 7.99. The molecule has 2 heterocycles. The number of rotatable bonds is 6. The van der Waals surface area contributed by atoms with E-state index < -0.39 is 6.23 Å². The number of fused-ring (bicyclic) bond motifs is 3. The molecule has 172 valence electrons. The molecule has 0 saturated carbocycles. The van der Waals surface area contributed by atoms with E-state index in [4.69, 9.17) is 25.8 Å². The van der Waals surface area contributed by atoms with Gasteiger partial charge in [0.1, 0.15) is 11.5 Å². The van der Waals surface area contributed by atoms with Crippen molar-refractivity contribution in [3.8, 4) is 28.6 Å². The van der Waals surface area contributed by atoms with Crippen LogP contribution in [-0.2, 0) is 4.79 Å². The summed E-state index contributed by atoms with van der Waals surface area (Å²) in [7, 11) is 3.14. The Hall–Kier alpha value is -3.04. The summed E-state index contributed by atoms with van der Waals surface area (Å²) in [5.74, 6) is 2.02. The minimum Gasteiger partial charge on any atom is -0.497 e. The summed E-state index contributed by atoms with van der Waals surface area (Å²) in [6.07, 6.45) is -0.608. The van der Waals surface area contributed by atoms with E-state index in [9.17, 15) is 4.79 Å². The molecule has 3 aromatic rings. The Bertz CT molecular complexity index is 1190. The molecule has 0 radical (unpaired) electrons. The van der Waals surface area contributed by atoms with Crippen molar-refractivity contribution in [3.05, 3.63) is 47.0 Å². The average molecular weight is 487 g/mol. The Morgan fingerprint density at radius 3 is 2.67 bits per heavy atom. The molecule has 1 aliphatic heterocycles. The first-order chi connectivity index (χ1) is 16.0. The van der Waals surface area contributed by atoms with Crippen LogP contribution in [-0.4, -0.2) is 41.1 Å². The first kappa shape index (κ1) is 23.1. The fraction of sp³-hybridized carbons (Fsp3) is 0.304. The number of benzene rings is 2. The highest BCUT2D eigenvalue weighted by Crippen LogP contribution is 2.46. The van der Waals surface area contributed by atoms with Crippen LogP contribution in [0.3, 0.4) is 0 Å². The largest absolute Gasteiger partial charge is 0.497 e. The fourth-order valence-corrected chi connectivity index (χ4v) is 4.27. The third kappa shape index (κ3) is 4.43. The smallest absolute Gasteiger partial charge is 0.247 e. The van der Waals surface area contributed by atoms with E-state index >= 15 is 0 Å². The summed E-state index contributed by atoms with van der Waals surface area (Å²) in [6.45, 7) is 3.80. The number of hydrogen-bond acceptors (Lipinski definition) is 8. The standard InChI is InChI=1S/C23H23ClN4O4S/c1-5-19(29)28-17-10-7-13(24)11-16(17)20-21(25-23(27-26-20)33-6-2)32-22(28)15-9-8-14(30-3)12-18(15)31-4/h7-12,22H,5-6H2,1-4H3/t22-/m1/s1. The molecule has 1 aliphatic rings. The van der Waals surface area contributed by atoms with Gasteiger partial charge in [0.05, 0.1) is 25.5 Å². The normalized spacial score (nSPS) is 14.6. The van der Waals surface area contributed by atoms with Crippen molar-refractivity contribution < 1.29 is 19.0 Å². The predicted molar refractivity (Wildman–Crippen MR) is 127 cm³/mol. The van der Waals surface area contributed by atoms with Gasteiger partial charge in [0.2, 0.25) is 23.2 Å². The van der Waals surface area contributed by atoms with Crippen molar-refractivity contribution in [2.75, 3.05) is 24.9 Å². The molecule has 0 saturated heterocycles. The van der Waals surface area contributed by atoms with Crippen LogP contribution < -0.4 is 19.1 Å². The van der Waals surface area contributed by atoms with Gasteiger partial charge in [-0.05, 0) is 36.1 Å². The van der Waals surface area contributed by atoms with Crippen molar-refractivity contribution in [2.24, 2.45) is 0 Å². The average Bonchev–Trinajstić information content (AvgIpc) is 2.97. The zero-order chi connectivity index (χ0) is 23.5. The van der Waals surface area contributed by atoms with Gasteiger partial charge in [0.15, 0.2) is 5.69 Å². The van der Waals surface area contributed by atoms with Gasteiger partial charge in [0, 0.05) is 23.1 Å². The molecule has 8 nitrogen and oxygen atoms in total. The number of nitrogens with zero attached hydrogens (tertiary/aromatic N) is 4. The number of aromatic nitrogens is 3. The fourth-order valence-electron chi connectivity index (χ4n) is 3.59. The predicted octanol–water partition coefficient (Wildman–Crippen LogP) is 5.16. The molecule has 1 aromatic heterocycles. The summed E-state index contributed by atoms with van der Waals surface area (Å²) in [5, 5.41) is 9.60. The third-order valence-electron chi connectivity index (χ3n) is 5.12. The number of carbonyl (C=O) groups excluding carboxylic acids is 1. The number of ether oxygens (including phenoxy) is 3. The summed E-state index contributed by atoms with van der Waals surface area (Å²) < 4.78 is 17.4. The molecule has 0 aliphatic carbocycles. The molecular formula is C23H23ClN4O4S. The van der Waals surface area contributed by atoms with Crippen molar-refractivity contribution in [3.63, 3.8) is 0 Å². The lowest BCUT2D eigenvalue weighted by molar-refractivity contribution is -0.120. The minimum atomic E-state index is -0.865. The van der Waals surface area contributed by atoms with Crippen LogP contribution in [0.2, 0.25) is 5.02 Å². The molecule has 0 spiro atoms. The van der Waals surface area contributed by atoms with Crippen LogP contribution in [0.15, 0.2) is 41.6 Å². The van der Waals surface area contributed by atoms with Gasteiger partial charge in [-0.25, -0.2) is 0 Å². The van der Waals surface area contributed by atoms with Gasteiger partial charge >= 0.3 is 0 Å². The second kappa shape index (κ2) is 9.84. The molecule has 33 heavy (non-hydrogen) atoms. The molecule has 0 N–H and O–H groups in total. The summed E-state index contributed by atoms with van der Waals surface area (Å²) in [4.78, 5) is 19.5. The topological polar surface area (TPSA) is 86.7 Å². The van der Waals surface area contributed by atoms with Crippen molar-refractivity contribution in [2.45, 2.75) is 31.7 Å². The second-order valence-corrected chi connectivity index (χ2v) is 8.71. The minimum absolute atomic E-state index is 0.148. The second-order valence-electron chi connectivity index (χ2n) is 7.04. The van der Waals surface area contributed by atoms with Crippen LogP contribution in [0, 0.1) is 0 Å². The first-order valence-corrected chi connectivity index (χ1v) is 11.7. The van der Waals surface area contributed by atoms with Gasteiger partial charge in [0.25, 0.3) is 0 Å². The van der Waals surface area contributed by atoms with E-state index in [1.807, 2.05) is 13.0 Å². The SMILES string of the molecule is CCSc1nnc2c(n1)O[C@H](c1ccc(OC)cc1OC)N(C(=O)CC)c1ccc(Cl)cc1-2. The number of carbonyl (C=O) groups is 1. The molecule has 1 atom stereocenters. The van der Waals surface area contributed by atoms with E-state index in [1.54, 1.807) is 56.4 Å². The molecule has 1 amide bonds. The number of anilines is 1. The Morgan fingerprint density at radius 2 is 1.97 bits per heavy atom. The lowest BCUT2D eigenvalue weighted by Crippen LogP contribution is -2.37. The van der Waals surface area contributed by atoms with Crippen LogP contribution in [0.5, 0.6) is 17.4 Å². The number of amides is 1. The zero-order valence-electron chi connectivity index (χ0n) is 18.7. The van der Waals surface area contributed by atoms with E-state index in [0.29, 0.717) is 44.2 Å². The lowest BCUT2D eigenvalue weighted by atomic mass is 10.1. The Balaban J connectivity index is 1.99. The number of thioether (sulfide) groups is 1. The maximum absolute atomic E-state index is 13.3. The molecule has 0 bridgehead atoms. The maximum Gasteiger partial charge on any atom is 0.247 e. The Labute approximate surface area is 201 Å². The number of methoxy groups -OCH3 is 2. The third-order valence-corrected chi connectivity index (χ3v) is 6.07. The monoisotopic (exact) mass is 486 g/mol. The summed E-state index contributed by atoms with van der Waals surface area (Å²) in [6, 6.07) is 10.6. The molecule has 0 unspecified atom stereocenters. The van der Waals surface area contributed by atoms with Gasteiger partial charge in [-0.15, -0.1) is 10.2 Å². The van der Waals surface area contributed by atoms with Crippen molar-refractivity contribution in [1.82, 2.24) is 15.2 Å². The van der Waals surface area contributed by atoms with Crippen molar-refractivity contribution in [1.29, 1.82) is 0 Å². The van der Waals surface area contributed by atoms with Crippen molar-refractivity contribution >= 4 is 35.0 Å². The summed E-state index contributed by atoms with van der Waals surface area (Å²) in [5.41, 5.74) is 2.26. The molecule has 2 aromatic carbocycles. The van der Waals surface area contributed by atoms with E-state index in [2.05, 4.69) is 15.2 Å². The molecule has 10 heteroatoms. The Morgan fingerprint density at radius 1 is 1.15 bits per heavy atom.